The molecule has 0 aromatic carbocycles. The van der Waals surface area contributed by atoms with Crippen molar-refractivity contribution < 1.29 is 13.5 Å². The molecule has 1 N–H and O–H groups in total. The van der Waals surface area contributed by atoms with E-state index in [1.54, 1.807) is 17.4 Å². The van der Waals surface area contributed by atoms with E-state index in [0.29, 0.717) is 12.5 Å². The summed E-state index contributed by atoms with van der Waals surface area (Å²) in [5.41, 5.74) is 0.717. The average Bonchev–Trinajstić information content (AvgIpc) is 3.17. The number of hydrogen-bond donors (Lipinski definition) is 1. The van der Waals surface area contributed by atoms with Gasteiger partial charge in [-0.1, -0.05) is 11.3 Å². The zero-order valence-corrected chi connectivity index (χ0v) is 11.2. The van der Waals surface area contributed by atoms with Gasteiger partial charge in [0.05, 0.1) is 18.4 Å². The van der Waals surface area contributed by atoms with Crippen LogP contribution in [-0.4, -0.2) is 21.8 Å². The second-order valence-corrected chi connectivity index (χ2v) is 5.45. The predicted molar refractivity (Wildman–Crippen MR) is 70.1 cm³/mol. The van der Waals surface area contributed by atoms with Gasteiger partial charge < -0.3 is 10.1 Å². The Morgan fingerprint density at radius 3 is 2.85 bits per heavy atom. The van der Waals surface area contributed by atoms with Gasteiger partial charge in [0.1, 0.15) is 10.8 Å². The number of pyridine rings is 1. The Morgan fingerprint density at radius 1 is 1.35 bits per heavy atom. The zero-order chi connectivity index (χ0) is 13.9. The van der Waals surface area contributed by atoms with Gasteiger partial charge in [-0.05, 0) is 25.0 Å². The highest BCUT2D eigenvalue weighted by molar-refractivity contribution is 7.15. The van der Waals surface area contributed by atoms with E-state index in [0.717, 1.165) is 15.8 Å². The molecule has 2 aromatic heterocycles. The third-order valence-electron chi connectivity index (χ3n) is 2.81. The number of ether oxygens (including phenoxy) is 1. The van der Waals surface area contributed by atoms with Gasteiger partial charge in [-0.3, -0.25) is 4.98 Å². The van der Waals surface area contributed by atoms with Crippen molar-refractivity contribution in [3.8, 4) is 5.75 Å². The van der Waals surface area contributed by atoms with E-state index in [1.165, 1.54) is 25.1 Å². The summed E-state index contributed by atoms with van der Waals surface area (Å²) in [5.74, 6) is 0.641. The highest BCUT2D eigenvalue weighted by atomic mass is 32.1. The number of anilines is 1. The van der Waals surface area contributed by atoms with E-state index in [1.807, 2.05) is 0 Å². The van der Waals surface area contributed by atoms with Crippen LogP contribution in [0, 0.1) is 0 Å². The van der Waals surface area contributed by atoms with Crippen molar-refractivity contribution in [1.29, 1.82) is 0 Å². The quantitative estimate of drug-likeness (QED) is 0.888. The molecule has 1 saturated carbocycles. The molecule has 0 amide bonds. The van der Waals surface area contributed by atoms with E-state index in [9.17, 15) is 8.78 Å². The fourth-order valence-corrected chi connectivity index (χ4v) is 2.56. The Morgan fingerprint density at radius 2 is 2.20 bits per heavy atom. The minimum Gasteiger partial charge on any atom is -0.433 e. The van der Waals surface area contributed by atoms with Crippen molar-refractivity contribution in [1.82, 2.24) is 15.2 Å². The van der Waals surface area contributed by atoms with Crippen molar-refractivity contribution >= 4 is 16.5 Å². The lowest BCUT2D eigenvalue weighted by atomic mass is 10.3. The third kappa shape index (κ3) is 3.38. The minimum atomic E-state index is -2.83. The van der Waals surface area contributed by atoms with E-state index < -0.39 is 6.61 Å². The number of halogens is 2. The SMILES string of the molecule is FC(F)Oc1ccc(CNc2nnc(C3CC3)s2)nc1. The molecular weight excluding hydrogens is 286 g/mol. The van der Waals surface area contributed by atoms with Gasteiger partial charge in [-0.25, -0.2) is 0 Å². The van der Waals surface area contributed by atoms with Crippen molar-refractivity contribution in [2.75, 3.05) is 5.32 Å². The number of nitrogens with zero attached hydrogens (tertiary/aromatic N) is 3. The average molecular weight is 298 g/mol. The van der Waals surface area contributed by atoms with Gasteiger partial charge in [0.25, 0.3) is 0 Å². The minimum absolute atomic E-state index is 0.0516. The van der Waals surface area contributed by atoms with E-state index in [4.69, 9.17) is 0 Å². The van der Waals surface area contributed by atoms with E-state index >= 15 is 0 Å². The molecule has 106 valence electrons. The topological polar surface area (TPSA) is 59.9 Å². The van der Waals surface area contributed by atoms with Crippen LogP contribution in [0.25, 0.3) is 0 Å². The van der Waals surface area contributed by atoms with Crippen LogP contribution in [-0.2, 0) is 6.54 Å². The lowest BCUT2D eigenvalue weighted by molar-refractivity contribution is -0.0500. The molecule has 0 radical (unpaired) electrons. The van der Waals surface area contributed by atoms with Gasteiger partial charge in [-0.15, -0.1) is 10.2 Å². The van der Waals surface area contributed by atoms with Gasteiger partial charge >= 0.3 is 6.61 Å². The van der Waals surface area contributed by atoms with Crippen LogP contribution in [0.1, 0.15) is 29.5 Å². The van der Waals surface area contributed by atoms with Crippen molar-refractivity contribution in [2.24, 2.45) is 0 Å². The smallest absolute Gasteiger partial charge is 0.387 e. The lowest BCUT2D eigenvalue weighted by Gasteiger charge is -2.05. The molecule has 2 aromatic rings. The number of nitrogens with one attached hydrogen (secondary N) is 1. The summed E-state index contributed by atoms with van der Waals surface area (Å²) in [6, 6.07) is 3.10. The van der Waals surface area contributed by atoms with Crippen LogP contribution < -0.4 is 10.1 Å². The molecule has 1 aliphatic rings. The first-order valence-corrected chi connectivity index (χ1v) is 6.99. The molecule has 1 fully saturated rings. The Kier molecular flexibility index (Phi) is 3.72. The first kappa shape index (κ1) is 13.2. The van der Waals surface area contributed by atoms with Crippen molar-refractivity contribution in [3.63, 3.8) is 0 Å². The molecule has 0 atom stereocenters. The summed E-state index contributed by atoms with van der Waals surface area (Å²) in [5, 5.41) is 13.1. The van der Waals surface area contributed by atoms with Gasteiger partial charge in [0.15, 0.2) is 0 Å². The summed E-state index contributed by atoms with van der Waals surface area (Å²) < 4.78 is 28.2. The standard InChI is InChI=1S/C12H12F2N4OS/c13-11(14)19-9-4-3-8(15-6-9)5-16-12-18-17-10(20-12)7-1-2-7/h3-4,6-7,11H,1-2,5H2,(H,16,18). The summed E-state index contributed by atoms with van der Waals surface area (Å²) >= 11 is 1.55. The highest BCUT2D eigenvalue weighted by Gasteiger charge is 2.27. The van der Waals surface area contributed by atoms with Crippen molar-refractivity contribution in [2.45, 2.75) is 31.9 Å². The summed E-state index contributed by atoms with van der Waals surface area (Å²) in [6.07, 6.45) is 3.67. The normalized spacial score (nSPS) is 14.6. The van der Waals surface area contributed by atoms with Crippen molar-refractivity contribution in [3.05, 3.63) is 29.0 Å². The number of alkyl halides is 2. The number of hydrogen-bond acceptors (Lipinski definition) is 6. The molecule has 0 saturated heterocycles. The lowest BCUT2D eigenvalue weighted by Crippen LogP contribution is -2.04. The molecule has 0 aliphatic heterocycles. The molecule has 3 rings (SSSR count). The first-order chi connectivity index (χ1) is 9.70. The fraction of sp³-hybridized carbons (Fsp3) is 0.417. The van der Waals surface area contributed by atoms with E-state index in [-0.39, 0.29) is 5.75 Å². The van der Waals surface area contributed by atoms with E-state index in [2.05, 4.69) is 25.2 Å². The molecule has 1 aliphatic carbocycles. The second kappa shape index (κ2) is 5.66. The molecule has 8 heteroatoms. The zero-order valence-electron chi connectivity index (χ0n) is 10.4. The summed E-state index contributed by atoms with van der Waals surface area (Å²) in [6.45, 7) is -2.36. The van der Waals surface area contributed by atoms with Crippen LogP contribution in [0.4, 0.5) is 13.9 Å². The van der Waals surface area contributed by atoms with Crippen LogP contribution in [0.3, 0.4) is 0 Å². The van der Waals surface area contributed by atoms with Crippen LogP contribution in [0.2, 0.25) is 0 Å². The Labute approximate surface area is 118 Å². The second-order valence-electron chi connectivity index (χ2n) is 4.44. The monoisotopic (exact) mass is 298 g/mol. The summed E-state index contributed by atoms with van der Waals surface area (Å²) in [7, 11) is 0. The molecule has 5 nitrogen and oxygen atoms in total. The van der Waals surface area contributed by atoms with Crippen LogP contribution in [0.5, 0.6) is 5.75 Å². The maximum Gasteiger partial charge on any atom is 0.387 e. The Hall–Kier alpha value is -1.83. The molecule has 2 heterocycles. The maximum atomic E-state index is 12.0. The molecule has 20 heavy (non-hydrogen) atoms. The predicted octanol–water partition coefficient (Wildman–Crippen LogP) is 3.02. The Balaban J connectivity index is 1.54. The van der Waals surface area contributed by atoms with Gasteiger partial charge in [0, 0.05) is 5.92 Å². The van der Waals surface area contributed by atoms with Gasteiger partial charge in [0.2, 0.25) is 5.13 Å². The Bertz CT molecular complexity index is 571. The molecule has 0 bridgehead atoms. The number of aromatic nitrogens is 3. The largest absolute Gasteiger partial charge is 0.433 e. The highest BCUT2D eigenvalue weighted by Crippen LogP contribution is 2.42. The first-order valence-electron chi connectivity index (χ1n) is 6.18. The maximum absolute atomic E-state index is 12.0. The molecule has 0 spiro atoms. The number of rotatable bonds is 6. The summed E-state index contributed by atoms with van der Waals surface area (Å²) in [4.78, 5) is 4.04. The van der Waals surface area contributed by atoms with Crippen LogP contribution in [0.15, 0.2) is 18.3 Å². The van der Waals surface area contributed by atoms with Crippen LogP contribution >= 0.6 is 11.3 Å². The molecule has 0 unspecified atom stereocenters. The molecular formula is C12H12F2N4OS. The third-order valence-corrected chi connectivity index (χ3v) is 3.85. The fourth-order valence-electron chi connectivity index (χ4n) is 1.66. The van der Waals surface area contributed by atoms with Gasteiger partial charge in [-0.2, -0.15) is 8.78 Å².